The average molecular weight is 245 g/mol. The number of hydrogen-bond acceptors (Lipinski definition) is 4. The third-order valence-corrected chi connectivity index (χ3v) is 2.93. The summed E-state index contributed by atoms with van der Waals surface area (Å²) < 4.78 is 5.72. The van der Waals surface area contributed by atoms with Crippen molar-refractivity contribution in [3.8, 4) is 11.5 Å². The molecule has 1 unspecified atom stereocenters. The Hall–Kier alpha value is -1.68. The van der Waals surface area contributed by atoms with E-state index in [2.05, 4.69) is 48.4 Å². The predicted octanol–water partition coefficient (Wildman–Crippen LogP) is 3.02. The fourth-order valence-corrected chi connectivity index (χ4v) is 1.97. The lowest BCUT2D eigenvalue weighted by atomic mass is 10.1. The van der Waals surface area contributed by atoms with Gasteiger partial charge < -0.3 is 9.73 Å². The normalized spacial score (nSPS) is 12.7. The molecule has 0 bridgehead atoms. The van der Waals surface area contributed by atoms with Gasteiger partial charge in [0.05, 0.1) is 6.04 Å². The number of nitrogens with one attached hydrogen (secondary N) is 1. The van der Waals surface area contributed by atoms with Crippen molar-refractivity contribution in [3.05, 3.63) is 35.2 Å². The van der Waals surface area contributed by atoms with Crippen molar-refractivity contribution >= 4 is 0 Å². The molecule has 0 aliphatic rings. The van der Waals surface area contributed by atoms with E-state index in [0.29, 0.717) is 11.8 Å². The van der Waals surface area contributed by atoms with Gasteiger partial charge in [0.15, 0.2) is 0 Å². The minimum atomic E-state index is 0.0852. The standard InChI is InChI=1S/C14H19N3O/c1-5-15-11(4)13-16-17-14(18-13)12-7-6-9(2)8-10(12)3/h6-8,11,15H,5H2,1-4H3. The minimum absolute atomic E-state index is 0.0852. The highest BCUT2D eigenvalue weighted by atomic mass is 16.4. The topological polar surface area (TPSA) is 51.0 Å². The molecule has 1 N–H and O–H groups in total. The van der Waals surface area contributed by atoms with Crippen LogP contribution in [-0.4, -0.2) is 16.7 Å². The van der Waals surface area contributed by atoms with E-state index in [1.54, 1.807) is 0 Å². The summed E-state index contributed by atoms with van der Waals surface area (Å²) in [6.45, 7) is 9.08. The number of rotatable bonds is 4. The molecule has 0 saturated carbocycles. The maximum Gasteiger partial charge on any atom is 0.248 e. The van der Waals surface area contributed by atoms with Crippen LogP contribution >= 0.6 is 0 Å². The Balaban J connectivity index is 2.29. The Bertz CT molecular complexity index is 534. The first kappa shape index (κ1) is 12.8. The zero-order chi connectivity index (χ0) is 13.1. The molecule has 1 aromatic carbocycles. The number of hydrogen-bond donors (Lipinski definition) is 1. The molecular weight excluding hydrogens is 226 g/mol. The van der Waals surface area contributed by atoms with Gasteiger partial charge >= 0.3 is 0 Å². The van der Waals surface area contributed by atoms with Crippen molar-refractivity contribution in [3.63, 3.8) is 0 Å². The maximum atomic E-state index is 5.72. The highest BCUT2D eigenvalue weighted by molar-refractivity contribution is 5.58. The van der Waals surface area contributed by atoms with E-state index in [0.717, 1.165) is 17.7 Å². The largest absolute Gasteiger partial charge is 0.419 e. The number of aryl methyl sites for hydroxylation is 2. The quantitative estimate of drug-likeness (QED) is 0.899. The summed E-state index contributed by atoms with van der Waals surface area (Å²) in [5.74, 6) is 1.22. The summed E-state index contributed by atoms with van der Waals surface area (Å²) in [5, 5.41) is 11.5. The molecule has 0 aliphatic carbocycles. The smallest absolute Gasteiger partial charge is 0.248 e. The third kappa shape index (κ3) is 2.59. The first-order valence-corrected chi connectivity index (χ1v) is 6.26. The van der Waals surface area contributed by atoms with Gasteiger partial charge in [-0.25, -0.2) is 0 Å². The van der Waals surface area contributed by atoms with E-state index >= 15 is 0 Å². The Labute approximate surface area is 107 Å². The lowest BCUT2D eigenvalue weighted by Gasteiger charge is -2.06. The summed E-state index contributed by atoms with van der Waals surface area (Å²) in [4.78, 5) is 0. The van der Waals surface area contributed by atoms with Crippen molar-refractivity contribution in [2.45, 2.75) is 33.7 Å². The summed E-state index contributed by atoms with van der Waals surface area (Å²) >= 11 is 0. The van der Waals surface area contributed by atoms with Crippen LogP contribution in [0.25, 0.3) is 11.5 Å². The Kier molecular flexibility index (Phi) is 3.77. The summed E-state index contributed by atoms with van der Waals surface area (Å²) in [6.07, 6.45) is 0. The molecule has 4 heteroatoms. The third-order valence-electron chi connectivity index (χ3n) is 2.93. The fraction of sp³-hybridized carbons (Fsp3) is 0.429. The molecular formula is C14H19N3O. The van der Waals surface area contributed by atoms with E-state index in [9.17, 15) is 0 Å². The molecule has 0 amide bonds. The van der Waals surface area contributed by atoms with E-state index in [1.165, 1.54) is 5.56 Å². The van der Waals surface area contributed by atoms with Crippen LogP contribution in [0.4, 0.5) is 0 Å². The fourth-order valence-electron chi connectivity index (χ4n) is 1.97. The Morgan fingerprint density at radius 3 is 2.72 bits per heavy atom. The van der Waals surface area contributed by atoms with Crippen molar-refractivity contribution in [1.29, 1.82) is 0 Å². The average Bonchev–Trinajstić information content (AvgIpc) is 2.78. The summed E-state index contributed by atoms with van der Waals surface area (Å²) in [7, 11) is 0. The van der Waals surface area contributed by atoms with Crippen LogP contribution in [0.1, 0.15) is 36.9 Å². The van der Waals surface area contributed by atoms with E-state index in [4.69, 9.17) is 4.42 Å². The maximum absolute atomic E-state index is 5.72. The van der Waals surface area contributed by atoms with Crippen LogP contribution in [-0.2, 0) is 0 Å². The van der Waals surface area contributed by atoms with Gasteiger partial charge in [0.25, 0.3) is 0 Å². The Morgan fingerprint density at radius 1 is 1.28 bits per heavy atom. The van der Waals surface area contributed by atoms with Crippen molar-refractivity contribution in [1.82, 2.24) is 15.5 Å². The zero-order valence-electron chi connectivity index (χ0n) is 11.3. The van der Waals surface area contributed by atoms with Gasteiger partial charge in [-0.2, -0.15) is 0 Å². The number of nitrogens with zero attached hydrogens (tertiary/aromatic N) is 2. The van der Waals surface area contributed by atoms with Gasteiger partial charge in [0.1, 0.15) is 0 Å². The molecule has 18 heavy (non-hydrogen) atoms. The van der Waals surface area contributed by atoms with Crippen LogP contribution in [0.5, 0.6) is 0 Å². The monoisotopic (exact) mass is 245 g/mol. The second kappa shape index (κ2) is 5.31. The molecule has 96 valence electrons. The summed E-state index contributed by atoms with van der Waals surface area (Å²) in [6, 6.07) is 6.29. The molecule has 0 aliphatic heterocycles. The van der Waals surface area contributed by atoms with Gasteiger partial charge in [0, 0.05) is 5.56 Å². The molecule has 2 aromatic rings. The van der Waals surface area contributed by atoms with Crippen LogP contribution < -0.4 is 5.32 Å². The molecule has 0 saturated heterocycles. The molecule has 0 radical (unpaired) electrons. The highest BCUT2D eigenvalue weighted by Gasteiger charge is 2.15. The first-order chi connectivity index (χ1) is 8.61. The van der Waals surface area contributed by atoms with Crippen molar-refractivity contribution in [2.24, 2.45) is 0 Å². The molecule has 1 heterocycles. The number of aromatic nitrogens is 2. The van der Waals surface area contributed by atoms with Gasteiger partial charge in [-0.3, -0.25) is 0 Å². The van der Waals surface area contributed by atoms with E-state index in [1.807, 2.05) is 13.0 Å². The molecule has 2 rings (SSSR count). The van der Waals surface area contributed by atoms with Gasteiger partial charge in [-0.05, 0) is 38.9 Å². The SMILES string of the molecule is CCNC(C)c1nnc(-c2ccc(C)cc2C)o1. The van der Waals surface area contributed by atoms with Crippen molar-refractivity contribution < 1.29 is 4.42 Å². The van der Waals surface area contributed by atoms with Crippen LogP contribution in [0.2, 0.25) is 0 Å². The Morgan fingerprint density at radius 2 is 2.06 bits per heavy atom. The molecule has 1 atom stereocenters. The lowest BCUT2D eigenvalue weighted by molar-refractivity contribution is 0.429. The first-order valence-electron chi connectivity index (χ1n) is 6.26. The van der Waals surface area contributed by atoms with E-state index < -0.39 is 0 Å². The minimum Gasteiger partial charge on any atom is -0.419 e. The lowest BCUT2D eigenvalue weighted by Crippen LogP contribution is -2.17. The van der Waals surface area contributed by atoms with Crippen molar-refractivity contribution in [2.75, 3.05) is 6.54 Å². The molecule has 4 nitrogen and oxygen atoms in total. The van der Waals surface area contributed by atoms with Crippen LogP contribution in [0.15, 0.2) is 22.6 Å². The molecule has 1 aromatic heterocycles. The zero-order valence-corrected chi connectivity index (χ0v) is 11.3. The van der Waals surface area contributed by atoms with Crippen LogP contribution in [0.3, 0.4) is 0 Å². The highest BCUT2D eigenvalue weighted by Crippen LogP contribution is 2.24. The number of benzene rings is 1. The van der Waals surface area contributed by atoms with Crippen LogP contribution in [0, 0.1) is 13.8 Å². The second-order valence-corrected chi connectivity index (χ2v) is 4.54. The molecule has 0 spiro atoms. The van der Waals surface area contributed by atoms with E-state index in [-0.39, 0.29) is 6.04 Å². The predicted molar refractivity (Wildman–Crippen MR) is 71.3 cm³/mol. The summed E-state index contributed by atoms with van der Waals surface area (Å²) in [5.41, 5.74) is 3.39. The molecule has 0 fully saturated rings. The van der Waals surface area contributed by atoms with Gasteiger partial charge in [-0.15, -0.1) is 10.2 Å². The van der Waals surface area contributed by atoms with Gasteiger partial charge in [-0.1, -0.05) is 24.6 Å². The van der Waals surface area contributed by atoms with Gasteiger partial charge in [0.2, 0.25) is 11.8 Å². The second-order valence-electron chi connectivity index (χ2n) is 4.54.